The molecule has 0 radical (unpaired) electrons. The number of nitrogens with zero attached hydrogens (tertiary/aromatic N) is 4. The van der Waals surface area contributed by atoms with Gasteiger partial charge in [0.05, 0.1) is 13.7 Å². The van der Waals surface area contributed by atoms with Crippen LogP contribution in [0.2, 0.25) is 0 Å². The smallest absolute Gasteiger partial charge is 0.256 e. The maximum atomic E-state index is 5.40. The lowest BCUT2D eigenvalue weighted by molar-refractivity contribution is 0.170. The Kier molecular flexibility index (Phi) is 3.19. The van der Waals surface area contributed by atoms with Crippen LogP contribution in [0, 0.1) is 0 Å². The minimum absolute atomic E-state index is 0.0543. The van der Waals surface area contributed by atoms with E-state index >= 15 is 0 Å². The summed E-state index contributed by atoms with van der Waals surface area (Å²) in [4.78, 5) is 16.3. The van der Waals surface area contributed by atoms with E-state index < -0.39 is 0 Å². The molecule has 0 saturated heterocycles. The van der Waals surface area contributed by atoms with Crippen LogP contribution >= 0.6 is 0 Å². The van der Waals surface area contributed by atoms with E-state index in [1.165, 1.54) is 12.2 Å². The molecule has 76 valence electrons. The molecule has 1 heterocycles. The van der Waals surface area contributed by atoms with Crippen LogP contribution in [-0.2, 0) is 4.84 Å². The van der Waals surface area contributed by atoms with E-state index in [-0.39, 0.29) is 17.8 Å². The molecule has 1 rings (SSSR count). The van der Waals surface area contributed by atoms with Crippen molar-refractivity contribution in [2.75, 3.05) is 30.2 Å². The SMILES string of the molecule is C=CCN(OC)c1nc(N)nc(N)n1. The number of anilines is 3. The highest BCUT2D eigenvalue weighted by Gasteiger charge is 2.09. The fourth-order valence-electron chi connectivity index (χ4n) is 0.864. The zero-order valence-corrected chi connectivity index (χ0v) is 7.84. The molecule has 0 spiro atoms. The summed E-state index contributed by atoms with van der Waals surface area (Å²) in [5.41, 5.74) is 10.8. The van der Waals surface area contributed by atoms with Crippen LogP contribution in [0.25, 0.3) is 0 Å². The Morgan fingerprint density at radius 1 is 1.36 bits per heavy atom. The number of nitrogen functional groups attached to an aromatic ring is 2. The van der Waals surface area contributed by atoms with Gasteiger partial charge in [-0.1, -0.05) is 6.08 Å². The Morgan fingerprint density at radius 2 is 1.93 bits per heavy atom. The van der Waals surface area contributed by atoms with Gasteiger partial charge in [0.1, 0.15) is 0 Å². The van der Waals surface area contributed by atoms with Gasteiger partial charge in [-0.15, -0.1) is 6.58 Å². The van der Waals surface area contributed by atoms with Gasteiger partial charge in [-0.05, 0) is 0 Å². The zero-order valence-electron chi connectivity index (χ0n) is 7.84. The van der Waals surface area contributed by atoms with Gasteiger partial charge in [0.25, 0.3) is 5.95 Å². The highest BCUT2D eigenvalue weighted by molar-refractivity contribution is 5.37. The van der Waals surface area contributed by atoms with Crippen LogP contribution in [0.4, 0.5) is 17.8 Å². The van der Waals surface area contributed by atoms with Gasteiger partial charge >= 0.3 is 0 Å². The molecule has 1 aromatic rings. The van der Waals surface area contributed by atoms with Gasteiger partial charge in [0.15, 0.2) is 0 Å². The van der Waals surface area contributed by atoms with Crippen LogP contribution in [0.5, 0.6) is 0 Å². The largest absolute Gasteiger partial charge is 0.368 e. The molecular weight excluding hydrogens is 184 g/mol. The Balaban J connectivity index is 2.96. The monoisotopic (exact) mass is 196 g/mol. The van der Waals surface area contributed by atoms with Crippen molar-refractivity contribution in [2.45, 2.75) is 0 Å². The minimum atomic E-state index is 0.0543. The summed E-state index contributed by atoms with van der Waals surface area (Å²) in [6.45, 7) is 3.99. The van der Waals surface area contributed by atoms with Crippen molar-refractivity contribution in [1.82, 2.24) is 15.0 Å². The summed E-state index contributed by atoms with van der Waals surface area (Å²) >= 11 is 0. The molecule has 0 aliphatic rings. The molecule has 0 aromatic carbocycles. The summed E-state index contributed by atoms with van der Waals surface area (Å²) < 4.78 is 0. The van der Waals surface area contributed by atoms with E-state index in [4.69, 9.17) is 16.3 Å². The summed E-state index contributed by atoms with van der Waals surface area (Å²) in [6, 6.07) is 0. The Hall–Kier alpha value is -1.89. The molecule has 0 atom stereocenters. The highest BCUT2D eigenvalue weighted by Crippen LogP contribution is 2.09. The summed E-state index contributed by atoms with van der Waals surface area (Å²) in [5.74, 6) is 0.370. The van der Waals surface area contributed by atoms with Gasteiger partial charge in [0, 0.05) is 0 Å². The number of aromatic nitrogens is 3. The lowest BCUT2D eigenvalue weighted by Crippen LogP contribution is -2.24. The van der Waals surface area contributed by atoms with Crippen molar-refractivity contribution < 1.29 is 4.84 Å². The second kappa shape index (κ2) is 4.38. The van der Waals surface area contributed by atoms with Crippen molar-refractivity contribution in [2.24, 2.45) is 0 Å². The number of hydrogen-bond acceptors (Lipinski definition) is 7. The standard InChI is InChI=1S/C7H12N6O/c1-3-4-13(14-2)7-11-5(8)10-6(9)12-7/h3H,1,4H2,2H3,(H4,8,9,10,11,12). The van der Waals surface area contributed by atoms with Crippen LogP contribution in [0.1, 0.15) is 0 Å². The van der Waals surface area contributed by atoms with Crippen LogP contribution < -0.4 is 16.5 Å². The molecule has 7 heteroatoms. The van der Waals surface area contributed by atoms with Gasteiger partial charge in [-0.2, -0.15) is 15.0 Å². The third-order valence-corrected chi connectivity index (χ3v) is 1.40. The number of hydrogen-bond donors (Lipinski definition) is 2. The van der Waals surface area contributed by atoms with E-state index in [0.29, 0.717) is 6.54 Å². The first-order valence-corrected chi connectivity index (χ1v) is 3.87. The predicted molar refractivity (Wildman–Crippen MR) is 53.2 cm³/mol. The first-order valence-electron chi connectivity index (χ1n) is 3.87. The molecule has 14 heavy (non-hydrogen) atoms. The zero-order chi connectivity index (χ0) is 10.6. The molecule has 7 nitrogen and oxygen atoms in total. The summed E-state index contributed by atoms with van der Waals surface area (Å²) in [7, 11) is 1.49. The van der Waals surface area contributed by atoms with E-state index in [9.17, 15) is 0 Å². The van der Waals surface area contributed by atoms with Crippen LogP contribution in [0.15, 0.2) is 12.7 Å². The normalized spacial score (nSPS) is 9.79. The average Bonchev–Trinajstić information content (AvgIpc) is 2.12. The number of nitrogens with two attached hydrogens (primary N) is 2. The third-order valence-electron chi connectivity index (χ3n) is 1.40. The quantitative estimate of drug-likeness (QED) is 0.498. The van der Waals surface area contributed by atoms with Crippen LogP contribution in [-0.4, -0.2) is 28.6 Å². The average molecular weight is 196 g/mol. The summed E-state index contributed by atoms with van der Waals surface area (Å²) in [5, 5.41) is 1.39. The molecule has 0 saturated carbocycles. The molecule has 0 amide bonds. The van der Waals surface area contributed by atoms with Crippen molar-refractivity contribution in [1.29, 1.82) is 0 Å². The van der Waals surface area contributed by atoms with Gasteiger partial charge < -0.3 is 11.5 Å². The predicted octanol–water partition coefficient (Wildman–Crippen LogP) is -0.410. The molecule has 0 aliphatic carbocycles. The summed E-state index contributed by atoms with van der Waals surface area (Å²) in [6.07, 6.45) is 1.64. The van der Waals surface area contributed by atoms with E-state index in [2.05, 4.69) is 21.5 Å². The number of hydroxylamine groups is 1. The fraction of sp³-hybridized carbons (Fsp3) is 0.286. The Labute approximate surface area is 81.4 Å². The first kappa shape index (κ1) is 10.2. The van der Waals surface area contributed by atoms with E-state index in [0.717, 1.165) is 0 Å². The lowest BCUT2D eigenvalue weighted by Gasteiger charge is -2.17. The van der Waals surface area contributed by atoms with E-state index in [1.807, 2.05) is 0 Å². The molecule has 0 bridgehead atoms. The molecule has 0 fully saturated rings. The van der Waals surface area contributed by atoms with Gasteiger partial charge in [0.2, 0.25) is 11.9 Å². The highest BCUT2D eigenvalue weighted by atomic mass is 16.7. The van der Waals surface area contributed by atoms with E-state index in [1.54, 1.807) is 6.08 Å². The van der Waals surface area contributed by atoms with Crippen LogP contribution in [0.3, 0.4) is 0 Å². The molecule has 4 N–H and O–H groups in total. The minimum Gasteiger partial charge on any atom is -0.368 e. The molecular formula is C7H12N6O. The maximum Gasteiger partial charge on any atom is 0.256 e. The lowest BCUT2D eigenvalue weighted by atomic mass is 10.6. The van der Waals surface area contributed by atoms with Crippen molar-refractivity contribution in [3.8, 4) is 0 Å². The first-order chi connectivity index (χ1) is 6.67. The molecule has 1 aromatic heterocycles. The second-order valence-electron chi connectivity index (χ2n) is 2.38. The number of rotatable bonds is 4. The van der Waals surface area contributed by atoms with Crippen molar-refractivity contribution in [3.05, 3.63) is 12.7 Å². The van der Waals surface area contributed by atoms with Crippen molar-refractivity contribution >= 4 is 17.8 Å². The van der Waals surface area contributed by atoms with Gasteiger partial charge in [-0.25, -0.2) is 5.06 Å². The Morgan fingerprint density at radius 3 is 2.36 bits per heavy atom. The fourth-order valence-corrected chi connectivity index (χ4v) is 0.864. The van der Waals surface area contributed by atoms with Gasteiger partial charge in [-0.3, -0.25) is 4.84 Å². The van der Waals surface area contributed by atoms with Crippen molar-refractivity contribution in [3.63, 3.8) is 0 Å². The maximum absolute atomic E-state index is 5.40. The Bertz CT molecular complexity index is 308. The topological polar surface area (TPSA) is 103 Å². The second-order valence-corrected chi connectivity index (χ2v) is 2.38. The third kappa shape index (κ3) is 2.30. The molecule has 0 unspecified atom stereocenters. The molecule has 0 aliphatic heterocycles.